The Morgan fingerprint density at radius 3 is 2.92 bits per heavy atom. The van der Waals surface area contributed by atoms with Gasteiger partial charge in [-0.1, -0.05) is 25.1 Å². The van der Waals surface area contributed by atoms with Gasteiger partial charge in [-0.2, -0.15) is 0 Å². The zero-order valence-corrected chi connectivity index (χ0v) is 14.6. The van der Waals surface area contributed by atoms with Crippen LogP contribution in [0.5, 0.6) is 0 Å². The van der Waals surface area contributed by atoms with Gasteiger partial charge >= 0.3 is 0 Å². The van der Waals surface area contributed by atoms with E-state index in [2.05, 4.69) is 42.7 Å². The van der Waals surface area contributed by atoms with Gasteiger partial charge in [0.2, 0.25) is 0 Å². The number of hydrogen-bond acceptors (Lipinski definition) is 4. The lowest BCUT2D eigenvalue weighted by molar-refractivity contribution is 0.507. The molecule has 0 spiro atoms. The van der Waals surface area contributed by atoms with Crippen molar-refractivity contribution in [3.8, 4) is 0 Å². The van der Waals surface area contributed by atoms with Crippen LogP contribution in [0.3, 0.4) is 0 Å². The number of hydrogen-bond donors (Lipinski definition) is 1. The Labute approximate surface area is 151 Å². The summed E-state index contributed by atoms with van der Waals surface area (Å²) in [6, 6.07) is 12.2. The summed E-state index contributed by atoms with van der Waals surface area (Å²) in [5.41, 5.74) is 3.72. The van der Waals surface area contributed by atoms with Crippen LogP contribution >= 0.6 is 0 Å². The van der Waals surface area contributed by atoms with E-state index in [1.54, 1.807) is 6.20 Å². The number of benzene rings is 1. The minimum absolute atomic E-state index is 0.373. The molecule has 3 heterocycles. The highest BCUT2D eigenvalue weighted by molar-refractivity contribution is 5.74. The molecule has 1 saturated carbocycles. The third kappa shape index (κ3) is 2.49. The van der Waals surface area contributed by atoms with Crippen LogP contribution in [0.25, 0.3) is 16.8 Å². The average molecular weight is 344 g/mol. The number of rotatable bonds is 3. The number of nitrogens with zero attached hydrogens (tertiary/aromatic N) is 5. The third-order valence-corrected chi connectivity index (χ3v) is 5.41. The van der Waals surface area contributed by atoms with Gasteiger partial charge < -0.3 is 4.98 Å². The Morgan fingerprint density at radius 1 is 1.15 bits per heavy atom. The quantitative estimate of drug-likeness (QED) is 0.568. The van der Waals surface area contributed by atoms with Crippen LogP contribution < -0.4 is 0 Å². The SMILES string of the molecule is CC1CC(C=Nc2ccccc2)CC1c1nnc2cnc3[nH]ccc3n12. The smallest absolute Gasteiger partial charge is 0.179 e. The molecule has 1 fully saturated rings. The second kappa shape index (κ2) is 6.05. The van der Waals surface area contributed by atoms with Crippen molar-refractivity contribution in [2.75, 3.05) is 0 Å². The maximum absolute atomic E-state index is 4.66. The topological polar surface area (TPSA) is 71.2 Å². The van der Waals surface area contributed by atoms with Crippen molar-refractivity contribution in [2.45, 2.75) is 25.7 Å². The molecule has 1 aromatic carbocycles. The molecule has 4 aromatic rings. The summed E-state index contributed by atoms with van der Waals surface area (Å²) in [5, 5.41) is 8.87. The normalized spacial score (nSPS) is 23.5. The molecule has 3 unspecified atom stereocenters. The molecule has 6 nitrogen and oxygen atoms in total. The lowest BCUT2D eigenvalue weighted by Crippen LogP contribution is -2.07. The van der Waals surface area contributed by atoms with Crippen LogP contribution in [0.15, 0.2) is 53.8 Å². The van der Waals surface area contributed by atoms with Gasteiger partial charge in [-0.25, -0.2) is 4.98 Å². The van der Waals surface area contributed by atoms with Crippen molar-refractivity contribution in [1.29, 1.82) is 0 Å². The highest BCUT2D eigenvalue weighted by Gasteiger charge is 2.35. The minimum Gasteiger partial charge on any atom is -0.345 e. The fourth-order valence-electron chi connectivity index (χ4n) is 4.12. The van der Waals surface area contributed by atoms with Crippen molar-refractivity contribution in [3.05, 3.63) is 54.6 Å². The Morgan fingerprint density at radius 2 is 2.04 bits per heavy atom. The Kier molecular flexibility index (Phi) is 3.55. The zero-order valence-electron chi connectivity index (χ0n) is 14.6. The average Bonchev–Trinajstić information content (AvgIpc) is 3.37. The monoisotopic (exact) mass is 344 g/mol. The highest BCUT2D eigenvalue weighted by Crippen LogP contribution is 2.42. The molecule has 1 aliphatic rings. The second-order valence-corrected chi connectivity index (χ2v) is 7.15. The van der Waals surface area contributed by atoms with E-state index in [-0.39, 0.29) is 0 Å². The molecule has 5 rings (SSSR count). The van der Waals surface area contributed by atoms with E-state index >= 15 is 0 Å². The first-order chi connectivity index (χ1) is 12.8. The molecule has 0 aliphatic heterocycles. The maximum Gasteiger partial charge on any atom is 0.179 e. The first-order valence-corrected chi connectivity index (χ1v) is 9.06. The first kappa shape index (κ1) is 15.3. The predicted octanol–water partition coefficient (Wildman–Crippen LogP) is 4.14. The molecule has 6 heteroatoms. The summed E-state index contributed by atoms with van der Waals surface area (Å²) in [7, 11) is 0. The molecule has 0 saturated heterocycles. The lowest BCUT2D eigenvalue weighted by atomic mass is 9.97. The predicted molar refractivity (Wildman–Crippen MR) is 102 cm³/mol. The van der Waals surface area contributed by atoms with Crippen molar-refractivity contribution in [2.24, 2.45) is 16.8 Å². The Hall–Kier alpha value is -3.02. The van der Waals surface area contributed by atoms with Crippen molar-refractivity contribution in [1.82, 2.24) is 24.6 Å². The van der Waals surface area contributed by atoms with E-state index in [1.807, 2.05) is 42.6 Å². The molecule has 26 heavy (non-hydrogen) atoms. The number of para-hydroxylation sites is 1. The summed E-state index contributed by atoms with van der Waals surface area (Å²) >= 11 is 0. The number of aliphatic imine (C=N–C) groups is 1. The standard InChI is InChI=1S/C20H20N6/c1-13-9-14(11-22-15-5-3-2-4-6-15)10-16(13)20-25-24-18-12-23-19-17(26(18)20)7-8-21-19/h2-8,11-14,16,21H,9-10H2,1H3. The van der Waals surface area contributed by atoms with Crippen LogP contribution in [0.2, 0.25) is 0 Å². The van der Waals surface area contributed by atoms with E-state index in [4.69, 9.17) is 0 Å². The molecule has 1 N–H and O–H groups in total. The van der Waals surface area contributed by atoms with E-state index in [0.717, 1.165) is 41.2 Å². The summed E-state index contributed by atoms with van der Waals surface area (Å²) in [4.78, 5) is 12.2. The fraction of sp³-hybridized carbons (Fsp3) is 0.300. The van der Waals surface area contributed by atoms with Gasteiger partial charge in [-0.05, 0) is 42.9 Å². The van der Waals surface area contributed by atoms with Crippen molar-refractivity contribution in [3.63, 3.8) is 0 Å². The molecular formula is C20H20N6. The number of nitrogens with one attached hydrogen (secondary N) is 1. The summed E-state index contributed by atoms with van der Waals surface area (Å²) < 4.78 is 2.15. The molecule has 0 radical (unpaired) electrons. The van der Waals surface area contributed by atoms with Crippen LogP contribution in [0.1, 0.15) is 31.5 Å². The Bertz CT molecular complexity index is 1080. The summed E-state index contributed by atoms with van der Waals surface area (Å²) in [5.74, 6) is 2.41. The minimum atomic E-state index is 0.373. The first-order valence-electron chi connectivity index (χ1n) is 9.06. The van der Waals surface area contributed by atoms with Gasteiger partial charge in [0.25, 0.3) is 0 Å². The molecule has 0 bridgehead atoms. The van der Waals surface area contributed by atoms with Crippen LogP contribution in [-0.2, 0) is 0 Å². The molecule has 0 amide bonds. The van der Waals surface area contributed by atoms with Crippen molar-refractivity contribution < 1.29 is 0 Å². The zero-order chi connectivity index (χ0) is 17.5. The number of fused-ring (bicyclic) bond motifs is 3. The molecular weight excluding hydrogens is 324 g/mol. The molecule has 1 aliphatic carbocycles. The van der Waals surface area contributed by atoms with Crippen molar-refractivity contribution >= 4 is 28.7 Å². The third-order valence-electron chi connectivity index (χ3n) is 5.41. The Balaban J connectivity index is 1.46. The second-order valence-electron chi connectivity index (χ2n) is 7.15. The van der Waals surface area contributed by atoms with Gasteiger partial charge in [-0.15, -0.1) is 10.2 Å². The van der Waals surface area contributed by atoms with Gasteiger partial charge in [0, 0.05) is 18.3 Å². The highest BCUT2D eigenvalue weighted by atomic mass is 15.3. The van der Waals surface area contributed by atoms with E-state index < -0.39 is 0 Å². The fourth-order valence-corrected chi connectivity index (χ4v) is 4.12. The molecule has 3 atom stereocenters. The number of aromatic amines is 1. The van der Waals surface area contributed by atoms with Crippen LogP contribution in [0.4, 0.5) is 5.69 Å². The largest absolute Gasteiger partial charge is 0.345 e. The van der Waals surface area contributed by atoms with E-state index in [0.29, 0.717) is 17.8 Å². The molecule has 3 aromatic heterocycles. The van der Waals surface area contributed by atoms with E-state index in [1.165, 1.54) is 0 Å². The van der Waals surface area contributed by atoms with Gasteiger partial charge in [-0.3, -0.25) is 9.39 Å². The van der Waals surface area contributed by atoms with Gasteiger partial charge in [0.15, 0.2) is 11.3 Å². The lowest BCUT2D eigenvalue weighted by Gasteiger charge is -2.13. The van der Waals surface area contributed by atoms with Gasteiger partial charge in [0.05, 0.1) is 17.4 Å². The summed E-state index contributed by atoms with van der Waals surface area (Å²) in [6.07, 6.45) is 7.98. The molecule has 130 valence electrons. The number of aromatic nitrogens is 5. The van der Waals surface area contributed by atoms with Crippen LogP contribution in [-0.4, -0.2) is 30.8 Å². The number of H-pyrrole nitrogens is 1. The van der Waals surface area contributed by atoms with Gasteiger partial charge in [0.1, 0.15) is 5.82 Å². The maximum atomic E-state index is 4.66. The summed E-state index contributed by atoms with van der Waals surface area (Å²) in [6.45, 7) is 2.30. The van der Waals surface area contributed by atoms with E-state index in [9.17, 15) is 0 Å². The van der Waals surface area contributed by atoms with Crippen LogP contribution in [0, 0.1) is 11.8 Å².